The first-order chi connectivity index (χ1) is 6.20. The Morgan fingerprint density at radius 2 is 2.54 bits per heavy atom. The van der Waals surface area contributed by atoms with Gasteiger partial charge in [-0.25, -0.2) is 0 Å². The Morgan fingerprint density at radius 3 is 3.15 bits per heavy atom. The van der Waals surface area contributed by atoms with Crippen LogP contribution in [0.4, 0.5) is 5.69 Å². The van der Waals surface area contributed by atoms with Crippen LogP contribution in [0.25, 0.3) is 0 Å². The quantitative estimate of drug-likeness (QED) is 0.653. The predicted octanol–water partition coefficient (Wildman–Crippen LogP) is -0.0722. The number of nitrogens with two attached hydrogens (primary N) is 1. The van der Waals surface area contributed by atoms with Crippen LogP contribution >= 0.6 is 0 Å². The molecule has 0 radical (unpaired) electrons. The highest BCUT2D eigenvalue weighted by Crippen LogP contribution is 2.29. The van der Waals surface area contributed by atoms with Crippen molar-refractivity contribution in [2.75, 3.05) is 11.9 Å². The van der Waals surface area contributed by atoms with Gasteiger partial charge in [0, 0.05) is 31.5 Å². The molecule has 0 spiro atoms. The molecule has 4 heteroatoms. The standard InChI is InChI=1S/C9H11N3O/c1-12-7-2-3-11-5-6(7)4-8(12)9(10)13/h2-3,5,8H,4H2,1H3,(H2,10,13). The van der Waals surface area contributed by atoms with Crippen LogP contribution in [-0.2, 0) is 11.2 Å². The number of anilines is 1. The Balaban J connectivity index is 2.38. The average molecular weight is 177 g/mol. The van der Waals surface area contributed by atoms with E-state index in [1.807, 2.05) is 18.0 Å². The van der Waals surface area contributed by atoms with E-state index in [1.54, 1.807) is 12.4 Å². The Morgan fingerprint density at radius 1 is 1.77 bits per heavy atom. The zero-order valence-electron chi connectivity index (χ0n) is 7.40. The molecule has 2 N–H and O–H groups in total. The van der Waals surface area contributed by atoms with Gasteiger partial charge in [0.1, 0.15) is 6.04 Å². The van der Waals surface area contributed by atoms with Crippen LogP contribution in [-0.4, -0.2) is 24.0 Å². The second-order valence-electron chi connectivity index (χ2n) is 3.24. The van der Waals surface area contributed by atoms with Gasteiger partial charge < -0.3 is 10.6 Å². The van der Waals surface area contributed by atoms with Crippen molar-refractivity contribution in [3.8, 4) is 0 Å². The van der Waals surface area contributed by atoms with Gasteiger partial charge in [0.25, 0.3) is 0 Å². The molecule has 0 saturated heterocycles. The molecule has 0 fully saturated rings. The van der Waals surface area contributed by atoms with E-state index in [-0.39, 0.29) is 11.9 Å². The maximum absolute atomic E-state index is 11.0. The van der Waals surface area contributed by atoms with Gasteiger partial charge in [-0.1, -0.05) is 0 Å². The van der Waals surface area contributed by atoms with Crippen molar-refractivity contribution < 1.29 is 4.79 Å². The smallest absolute Gasteiger partial charge is 0.240 e. The van der Waals surface area contributed by atoms with E-state index in [4.69, 9.17) is 5.73 Å². The van der Waals surface area contributed by atoms with Crippen molar-refractivity contribution in [1.29, 1.82) is 0 Å². The lowest BCUT2D eigenvalue weighted by atomic mass is 10.1. The number of amides is 1. The summed E-state index contributed by atoms with van der Waals surface area (Å²) in [6.07, 6.45) is 4.18. The first-order valence-electron chi connectivity index (χ1n) is 4.15. The van der Waals surface area contributed by atoms with E-state index in [1.165, 1.54) is 0 Å². The minimum Gasteiger partial charge on any atom is -0.368 e. The van der Waals surface area contributed by atoms with Crippen LogP contribution in [0.5, 0.6) is 0 Å². The molecule has 1 amide bonds. The molecule has 1 atom stereocenters. The summed E-state index contributed by atoms with van der Waals surface area (Å²) in [5, 5.41) is 0. The molecular formula is C9H11N3O. The fourth-order valence-corrected chi connectivity index (χ4v) is 1.73. The van der Waals surface area contributed by atoms with Crippen molar-refractivity contribution >= 4 is 11.6 Å². The summed E-state index contributed by atoms with van der Waals surface area (Å²) in [6, 6.07) is 1.69. The van der Waals surface area contributed by atoms with Crippen LogP contribution in [0.2, 0.25) is 0 Å². The summed E-state index contributed by atoms with van der Waals surface area (Å²) in [6.45, 7) is 0. The third kappa shape index (κ3) is 1.14. The largest absolute Gasteiger partial charge is 0.368 e. The van der Waals surface area contributed by atoms with Gasteiger partial charge in [0.15, 0.2) is 0 Å². The summed E-state index contributed by atoms with van der Waals surface area (Å²) in [7, 11) is 1.88. The highest BCUT2D eigenvalue weighted by Gasteiger charge is 2.30. The van der Waals surface area contributed by atoms with Gasteiger partial charge in [0.05, 0.1) is 0 Å². The molecule has 1 aromatic rings. The third-order valence-electron chi connectivity index (χ3n) is 2.47. The maximum atomic E-state index is 11.0. The number of likely N-dealkylation sites (N-methyl/N-ethyl adjacent to an activating group) is 1. The number of carbonyl (C=O) groups excluding carboxylic acids is 1. The van der Waals surface area contributed by atoms with E-state index in [2.05, 4.69) is 4.98 Å². The fraction of sp³-hybridized carbons (Fsp3) is 0.333. The first-order valence-corrected chi connectivity index (χ1v) is 4.15. The Kier molecular flexibility index (Phi) is 1.69. The SMILES string of the molecule is CN1c2ccncc2CC1C(N)=O. The summed E-state index contributed by atoms with van der Waals surface area (Å²) in [5.41, 5.74) is 7.41. The molecular weight excluding hydrogens is 166 g/mol. The van der Waals surface area contributed by atoms with Crippen LogP contribution < -0.4 is 10.6 Å². The lowest BCUT2D eigenvalue weighted by molar-refractivity contribution is -0.119. The molecule has 0 saturated carbocycles. The lowest BCUT2D eigenvalue weighted by Gasteiger charge is -2.18. The lowest BCUT2D eigenvalue weighted by Crippen LogP contribution is -2.40. The van der Waals surface area contributed by atoms with Gasteiger partial charge in [0.2, 0.25) is 5.91 Å². The summed E-state index contributed by atoms with van der Waals surface area (Å²) >= 11 is 0. The van der Waals surface area contributed by atoms with E-state index < -0.39 is 0 Å². The van der Waals surface area contributed by atoms with E-state index in [0.29, 0.717) is 6.42 Å². The van der Waals surface area contributed by atoms with Crippen molar-refractivity contribution in [3.05, 3.63) is 24.0 Å². The molecule has 4 nitrogen and oxygen atoms in total. The summed E-state index contributed by atoms with van der Waals surface area (Å²) in [4.78, 5) is 16.9. The molecule has 1 aliphatic heterocycles. The van der Waals surface area contributed by atoms with Gasteiger partial charge >= 0.3 is 0 Å². The number of aromatic nitrogens is 1. The van der Waals surface area contributed by atoms with E-state index in [0.717, 1.165) is 11.3 Å². The molecule has 1 aromatic heterocycles. The van der Waals surface area contributed by atoms with Crippen molar-refractivity contribution in [1.82, 2.24) is 4.98 Å². The molecule has 1 unspecified atom stereocenters. The fourth-order valence-electron chi connectivity index (χ4n) is 1.73. The molecule has 13 heavy (non-hydrogen) atoms. The molecule has 2 rings (SSSR count). The van der Waals surface area contributed by atoms with E-state index >= 15 is 0 Å². The zero-order valence-corrected chi connectivity index (χ0v) is 7.40. The van der Waals surface area contributed by atoms with Gasteiger partial charge in [-0.05, 0) is 11.6 Å². The highest BCUT2D eigenvalue weighted by molar-refractivity contribution is 5.86. The van der Waals surface area contributed by atoms with Crippen LogP contribution in [0.3, 0.4) is 0 Å². The predicted molar refractivity (Wildman–Crippen MR) is 49.3 cm³/mol. The Hall–Kier alpha value is -1.58. The highest BCUT2D eigenvalue weighted by atomic mass is 16.1. The van der Waals surface area contributed by atoms with Crippen molar-refractivity contribution in [2.24, 2.45) is 5.73 Å². The second kappa shape index (κ2) is 2.73. The van der Waals surface area contributed by atoms with Crippen LogP contribution in [0.15, 0.2) is 18.5 Å². The van der Waals surface area contributed by atoms with Crippen molar-refractivity contribution in [3.63, 3.8) is 0 Å². The number of hydrogen-bond acceptors (Lipinski definition) is 3. The third-order valence-corrected chi connectivity index (χ3v) is 2.47. The number of pyridine rings is 1. The molecule has 0 bridgehead atoms. The number of fused-ring (bicyclic) bond motifs is 1. The average Bonchev–Trinajstić information content (AvgIpc) is 2.45. The number of primary amides is 1. The summed E-state index contributed by atoms with van der Waals surface area (Å²) in [5.74, 6) is -0.279. The normalized spacial score (nSPS) is 20.1. The number of nitrogens with zero attached hydrogens (tertiary/aromatic N) is 2. The first kappa shape index (κ1) is 8.04. The van der Waals surface area contributed by atoms with Crippen molar-refractivity contribution in [2.45, 2.75) is 12.5 Å². The van der Waals surface area contributed by atoms with Gasteiger partial charge in [-0.2, -0.15) is 0 Å². The van der Waals surface area contributed by atoms with Gasteiger partial charge in [-0.3, -0.25) is 9.78 Å². The minimum atomic E-state index is -0.279. The van der Waals surface area contributed by atoms with Crippen LogP contribution in [0.1, 0.15) is 5.56 Å². The minimum absolute atomic E-state index is 0.209. The second-order valence-corrected chi connectivity index (χ2v) is 3.24. The Labute approximate surface area is 76.4 Å². The molecule has 68 valence electrons. The topological polar surface area (TPSA) is 59.2 Å². The molecule has 2 heterocycles. The molecule has 0 aliphatic carbocycles. The molecule has 0 aromatic carbocycles. The van der Waals surface area contributed by atoms with Gasteiger partial charge in [-0.15, -0.1) is 0 Å². The monoisotopic (exact) mass is 177 g/mol. The maximum Gasteiger partial charge on any atom is 0.240 e. The van der Waals surface area contributed by atoms with E-state index in [9.17, 15) is 4.79 Å². The number of carbonyl (C=O) groups is 1. The summed E-state index contributed by atoms with van der Waals surface area (Å²) < 4.78 is 0. The zero-order chi connectivity index (χ0) is 9.42. The number of rotatable bonds is 1. The number of hydrogen-bond donors (Lipinski definition) is 1. The molecule has 1 aliphatic rings. The van der Waals surface area contributed by atoms with Crippen LogP contribution in [0, 0.1) is 0 Å². The Bertz CT molecular complexity index is 350.